The maximum Gasteiger partial charge on any atom is 0.231 e. The van der Waals surface area contributed by atoms with Crippen molar-refractivity contribution in [2.45, 2.75) is 19.5 Å². The van der Waals surface area contributed by atoms with Gasteiger partial charge in [0.2, 0.25) is 6.79 Å². The molecule has 1 aromatic carbocycles. The Balaban J connectivity index is 1.99. The fraction of sp³-hybridized carbons (Fsp3) is 0.500. The lowest BCUT2D eigenvalue weighted by atomic mass is 10.2. The molecule has 0 bridgehead atoms. The summed E-state index contributed by atoms with van der Waals surface area (Å²) in [6.45, 7) is 2.66. The van der Waals surface area contributed by atoms with Crippen LogP contribution in [0.25, 0.3) is 0 Å². The molecule has 19 heavy (non-hydrogen) atoms. The molecule has 0 aliphatic carbocycles. The predicted octanol–water partition coefficient (Wildman–Crippen LogP) is 1.70. The number of benzene rings is 1. The molecule has 0 radical (unpaired) electrons. The number of sulfone groups is 1. The molecule has 5 nitrogen and oxygen atoms in total. The van der Waals surface area contributed by atoms with Crippen molar-refractivity contribution in [1.82, 2.24) is 5.32 Å². The molecule has 1 aromatic rings. The number of fused-ring (bicyclic) bond motifs is 1. The highest BCUT2D eigenvalue weighted by molar-refractivity contribution is 9.10. The first-order valence-corrected chi connectivity index (χ1v) is 8.69. The van der Waals surface area contributed by atoms with E-state index in [-0.39, 0.29) is 18.6 Å². The Labute approximate surface area is 121 Å². The monoisotopic (exact) mass is 349 g/mol. The summed E-state index contributed by atoms with van der Waals surface area (Å²) >= 11 is 3.43. The summed E-state index contributed by atoms with van der Waals surface area (Å²) < 4.78 is 33.8. The van der Waals surface area contributed by atoms with Crippen molar-refractivity contribution >= 4 is 25.8 Å². The van der Waals surface area contributed by atoms with E-state index in [4.69, 9.17) is 9.47 Å². The molecule has 0 saturated carbocycles. The van der Waals surface area contributed by atoms with Gasteiger partial charge in [0.1, 0.15) is 9.84 Å². The minimum absolute atomic E-state index is 0.0980. The molecule has 2 rings (SSSR count). The highest BCUT2D eigenvalue weighted by atomic mass is 79.9. The van der Waals surface area contributed by atoms with Crippen LogP contribution in [0.15, 0.2) is 16.6 Å². The molecule has 0 spiro atoms. The van der Waals surface area contributed by atoms with Gasteiger partial charge in [-0.3, -0.25) is 0 Å². The lowest BCUT2D eigenvalue weighted by molar-refractivity contribution is 0.173. The first-order valence-electron chi connectivity index (χ1n) is 5.84. The third-order valence-corrected chi connectivity index (χ3v) is 4.39. The van der Waals surface area contributed by atoms with Crippen LogP contribution < -0.4 is 14.8 Å². The zero-order chi connectivity index (χ0) is 14.0. The Kier molecular flexibility index (Phi) is 4.37. The minimum atomic E-state index is -2.96. The Hall–Kier alpha value is -0.790. The molecule has 0 amide bonds. The topological polar surface area (TPSA) is 64.6 Å². The van der Waals surface area contributed by atoms with Crippen LogP contribution in [0.5, 0.6) is 11.5 Å². The van der Waals surface area contributed by atoms with Gasteiger partial charge in [-0.2, -0.15) is 0 Å². The highest BCUT2D eigenvalue weighted by Gasteiger charge is 2.18. The highest BCUT2D eigenvalue weighted by Crippen LogP contribution is 2.39. The van der Waals surface area contributed by atoms with E-state index in [1.807, 2.05) is 19.1 Å². The molecule has 0 saturated heterocycles. The average molecular weight is 350 g/mol. The second kappa shape index (κ2) is 5.68. The molecule has 1 heterocycles. The van der Waals surface area contributed by atoms with Gasteiger partial charge in [0.05, 0.1) is 10.2 Å². The van der Waals surface area contributed by atoms with Crippen LogP contribution in [-0.4, -0.2) is 33.3 Å². The van der Waals surface area contributed by atoms with E-state index >= 15 is 0 Å². The maximum absolute atomic E-state index is 11.2. The normalized spacial score (nSPS) is 15.5. The summed E-state index contributed by atoms with van der Waals surface area (Å²) in [6.07, 6.45) is 1.24. The summed E-state index contributed by atoms with van der Waals surface area (Å²) in [4.78, 5) is 0. The van der Waals surface area contributed by atoms with Crippen molar-refractivity contribution in [3.05, 3.63) is 22.2 Å². The van der Waals surface area contributed by atoms with Crippen LogP contribution in [0, 0.1) is 0 Å². The summed E-state index contributed by atoms with van der Waals surface area (Å²) in [6, 6.07) is 3.74. The molecular formula is C12H16BrNO4S. The molecule has 1 unspecified atom stereocenters. The fourth-order valence-corrected chi connectivity index (χ4v) is 3.56. The van der Waals surface area contributed by atoms with Gasteiger partial charge < -0.3 is 14.8 Å². The van der Waals surface area contributed by atoms with E-state index in [9.17, 15) is 8.42 Å². The van der Waals surface area contributed by atoms with Crippen molar-refractivity contribution in [2.75, 3.05) is 18.8 Å². The second-order valence-electron chi connectivity index (χ2n) is 4.69. The smallest absolute Gasteiger partial charge is 0.231 e. The zero-order valence-electron chi connectivity index (χ0n) is 10.8. The Morgan fingerprint density at radius 1 is 1.42 bits per heavy atom. The number of halogens is 1. The Morgan fingerprint density at radius 3 is 2.84 bits per heavy atom. The quantitative estimate of drug-likeness (QED) is 0.876. The van der Waals surface area contributed by atoms with E-state index in [1.54, 1.807) is 0 Å². The van der Waals surface area contributed by atoms with Crippen LogP contribution in [0.1, 0.15) is 12.5 Å². The van der Waals surface area contributed by atoms with Crippen LogP contribution >= 0.6 is 15.9 Å². The molecule has 1 atom stereocenters. The van der Waals surface area contributed by atoms with Crippen molar-refractivity contribution in [3.63, 3.8) is 0 Å². The summed E-state index contributed by atoms with van der Waals surface area (Å²) in [5.41, 5.74) is 1.01. The van der Waals surface area contributed by atoms with Gasteiger partial charge in [-0.25, -0.2) is 8.42 Å². The van der Waals surface area contributed by atoms with Gasteiger partial charge in [0.15, 0.2) is 11.5 Å². The largest absolute Gasteiger partial charge is 0.454 e. The van der Waals surface area contributed by atoms with Gasteiger partial charge in [0.25, 0.3) is 0 Å². The second-order valence-corrected chi connectivity index (χ2v) is 7.72. The maximum atomic E-state index is 11.2. The lowest BCUT2D eigenvalue weighted by Gasteiger charge is -2.13. The first-order chi connectivity index (χ1) is 8.85. The SMILES string of the molecule is CC(CS(C)(=O)=O)NCc1cc(Br)c2c(c1)OCO2. The Morgan fingerprint density at radius 2 is 2.16 bits per heavy atom. The van der Waals surface area contributed by atoms with E-state index in [0.717, 1.165) is 10.0 Å². The summed E-state index contributed by atoms with van der Waals surface area (Å²) in [5, 5.41) is 3.18. The number of hydrogen-bond acceptors (Lipinski definition) is 5. The van der Waals surface area contributed by atoms with Crippen LogP contribution in [0.3, 0.4) is 0 Å². The van der Waals surface area contributed by atoms with Crippen LogP contribution in [0.2, 0.25) is 0 Å². The van der Waals surface area contributed by atoms with E-state index in [1.165, 1.54) is 6.26 Å². The van der Waals surface area contributed by atoms with Crippen molar-refractivity contribution in [1.29, 1.82) is 0 Å². The number of hydrogen-bond donors (Lipinski definition) is 1. The molecule has 106 valence electrons. The molecule has 7 heteroatoms. The summed E-state index contributed by atoms with van der Waals surface area (Å²) in [7, 11) is -2.96. The van der Waals surface area contributed by atoms with Crippen molar-refractivity contribution in [2.24, 2.45) is 0 Å². The third-order valence-electron chi connectivity index (χ3n) is 2.69. The zero-order valence-corrected chi connectivity index (χ0v) is 13.2. The number of ether oxygens (including phenoxy) is 2. The molecule has 1 aliphatic heterocycles. The van der Waals surface area contributed by atoms with Gasteiger partial charge in [-0.05, 0) is 40.5 Å². The van der Waals surface area contributed by atoms with E-state index in [0.29, 0.717) is 18.0 Å². The van der Waals surface area contributed by atoms with Crippen molar-refractivity contribution < 1.29 is 17.9 Å². The molecule has 1 aliphatic rings. The van der Waals surface area contributed by atoms with Gasteiger partial charge in [-0.15, -0.1) is 0 Å². The average Bonchev–Trinajstić information content (AvgIpc) is 2.72. The van der Waals surface area contributed by atoms with Gasteiger partial charge in [-0.1, -0.05) is 0 Å². The molecule has 0 fully saturated rings. The van der Waals surface area contributed by atoms with E-state index in [2.05, 4.69) is 21.2 Å². The lowest BCUT2D eigenvalue weighted by Crippen LogP contribution is -2.32. The molecule has 0 aromatic heterocycles. The fourth-order valence-electron chi connectivity index (χ4n) is 1.93. The molecule has 1 N–H and O–H groups in total. The van der Waals surface area contributed by atoms with Gasteiger partial charge >= 0.3 is 0 Å². The number of nitrogens with one attached hydrogen (secondary N) is 1. The third kappa shape index (κ3) is 4.09. The molecular weight excluding hydrogens is 334 g/mol. The standard InChI is InChI=1S/C12H16BrNO4S/c1-8(6-19(2,15)16)14-5-9-3-10(13)12-11(4-9)17-7-18-12/h3-4,8,14H,5-7H2,1-2H3. The van der Waals surface area contributed by atoms with E-state index < -0.39 is 9.84 Å². The first kappa shape index (κ1) is 14.6. The minimum Gasteiger partial charge on any atom is -0.454 e. The number of rotatable bonds is 5. The summed E-state index contributed by atoms with van der Waals surface area (Å²) in [5.74, 6) is 1.55. The van der Waals surface area contributed by atoms with Gasteiger partial charge in [0, 0.05) is 18.8 Å². The van der Waals surface area contributed by atoms with Crippen molar-refractivity contribution in [3.8, 4) is 11.5 Å². The Bertz CT molecular complexity index is 573. The van der Waals surface area contributed by atoms with Crippen LogP contribution in [-0.2, 0) is 16.4 Å². The van der Waals surface area contributed by atoms with Crippen LogP contribution in [0.4, 0.5) is 0 Å². The predicted molar refractivity (Wildman–Crippen MR) is 76.3 cm³/mol.